The molecule has 0 atom stereocenters. The van der Waals surface area contributed by atoms with E-state index in [0.717, 1.165) is 16.9 Å². The Labute approximate surface area is 201 Å². The van der Waals surface area contributed by atoms with Gasteiger partial charge in [-0.05, 0) is 66.2 Å². The first-order valence-corrected chi connectivity index (χ1v) is 11.6. The Morgan fingerprint density at radius 3 is 2.48 bits per heavy atom. The molecule has 3 rings (SSSR count). The summed E-state index contributed by atoms with van der Waals surface area (Å²) in [5, 5.41) is 5.32. The molecule has 7 nitrogen and oxygen atoms in total. The molecule has 0 bridgehead atoms. The highest BCUT2D eigenvalue weighted by atomic mass is 35.5. The monoisotopic (exact) mass is 485 g/mol. The maximum atomic E-state index is 12.2. The standard InChI is InChI=1S/C24H24ClN3O4S/c1-16-14-19(25)10-11-20(16)32-12-2-5-22(29)27-28-23(30)18-8-6-17(7-9-18)15-26-24(31)21-4-3-13-33-21/h3-4,6-11,13-14H,2,5,12,15H2,1H3,(H,26,31)(H,27,29)(H,28,30). The molecule has 0 radical (unpaired) electrons. The Kier molecular flexibility index (Phi) is 8.86. The van der Waals surface area contributed by atoms with Crippen molar-refractivity contribution < 1.29 is 19.1 Å². The van der Waals surface area contributed by atoms with Crippen molar-refractivity contribution in [2.75, 3.05) is 6.61 Å². The van der Waals surface area contributed by atoms with E-state index >= 15 is 0 Å². The first-order valence-electron chi connectivity index (χ1n) is 10.3. The van der Waals surface area contributed by atoms with Gasteiger partial charge in [0.05, 0.1) is 11.5 Å². The van der Waals surface area contributed by atoms with Gasteiger partial charge in [0, 0.05) is 23.6 Å². The maximum absolute atomic E-state index is 12.2. The summed E-state index contributed by atoms with van der Waals surface area (Å²) in [6, 6.07) is 15.7. The Morgan fingerprint density at radius 1 is 1.00 bits per heavy atom. The lowest BCUT2D eigenvalue weighted by Gasteiger charge is -2.10. The lowest BCUT2D eigenvalue weighted by molar-refractivity contribution is -0.122. The van der Waals surface area contributed by atoms with Crippen LogP contribution in [-0.2, 0) is 11.3 Å². The molecular weight excluding hydrogens is 462 g/mol. The molecular formula is C24H24ClN3O4S. The predicted octanol–water partition coefficient (Wildman–Crippen LogP) is 4.26. The Hall–Kier alpha value is -3.36. The number of amides is 3. The van der Waals surface area contributed by atoms with Gasteiger partial charge >= 0.3 is 0 Å². The van der Waals surface area contributed by atoms with Gasteiger partial charge in [0.25, 0.3) is 11.8 Å². The molecule has 0 aliphatic heterocycles. The highest BCUT2D eigenvalue weighted by Gasteiger charge is 2.09. The van der Waals surface area contributed by atoms with Gasteiger partial charge in [-0.3, -0.25) is 25.2 Å². The third-order valence-electron chi connectivity index (χ3n) is 4.67. The van der Waals surface area contributed by atoms with E-state index in [1.54, 1.807) is 42.5 Å². The van der Waals surface area contributed by atoms with Gasteiger partial charge < -0.3 is 10.1 Å². The van der Waals surface area contributed by atoms with Crippen LogP contribution in [0.4, 0.5) is 0 Å². The van der Waals surface area contributed by atoms with Crippen molar-refractivity contribution in [1.29, 1.82) is 0 Å². The van der Waals surface area contributed by atoms with Crippen molar-refractivity contribution in [1.82, 2.24) is 16.2 Å². The molecule has 0 fully saturated rings. The zero-order chi connectivity index (χ0) is 23.6. The van der Waals surface area contributed by atoms with Crippen LogP contribution in [0, 0.1) is 6.92 Å². The van der Waals surface area contributed by atoms with Crippen LogP contribution in [0.25, 0.3) is 0 Å². The number of rotatable bonds is 9. The van der Waals surface area contributed by atoms with Crippen molar-refractivity contribution in [3.63, 3.8) is 0 Å². The van der Waals surface area contributed by atoms with Gasteiger partial charge in [0.2, 0.25) is 5.91 Å². The molecule has 2 aromatic carbocycles. The van der Waals surface area contributed by atoms with Gasteiger partial charge in [0.1, 0.15) is 5.75 Å². The van der Waals surface area contributed by atoms with Crippen LogP contribution >= 0.6 is 22.9 Å². The fourth-order valence-corrected chi connectivity index (χ4v) is 3.77. The second-order valence-corrected chi connectivity index (χ2v) is 8.61. The molecule has 1 aromatic heterocycles. The number of aryl methyl sites for hydroxylation is 1. The van der Waals surface area contributed by atoms with Gasteiger partial charge in [-0.1, -0.05) is 29.8 Å². The fraction of sp³-hybridized carbons (Fsp3) is 0.208. The number of ether oxygens (including phenoxy) is 1. The number of carbonyl (C=O) groups is 3. The second kappa shape index (κ2) is 12.0. The van der Waals surface area contributed by atoms with Crippen LogP contribution in [0.15, 0.2) is 60.0 Å². The number of carbonyl (C=O) groups excluding carboxylic acids is 3. The molecule has 172 valence electrons. The number of hydrogen-bond donors (Lipinski definition) is 3. The molecule has 3 N–H and O–H groups in total. The zero-order valence-corrected chi connectivity index (χ0v) is 19.6. The second-order valence-electron chi connectivity index (χ2n) is 7.22. The first-order chi connectivity index (χ1) is 15.9. The third-order valence-corrected chi connectivity index (χ3v) is 5.78. The lowest BCUT2D eigenvalue weighted by atomic mass is 10.1. The average molecular weight is 486 g/mol. The van der Waals surface area contributed by atoms with Crippen molar-refractivity contribution in [2.45, 2.75) is 26.3 Å². The molecule has 33 heavy (non-hydrogen) atoms. The van der Waals surface area contributed by atoms with E-state index in [0.29, 0.717) is 35.0 Å². The Bertz CT molecular complexity index is 1100. The molecule has 1 heterocycles. The number of benzene rings is 2. The van der Waals surface area contributed by atoms with E-state index in [1.165, 1.54) is 11.3 Å². The SMILES string of the molecule is Cc1cc(Cl)ccc1OCCCC(=O)NNC(=O)c1ccc(CNC(=O)c2cccs2)cc1. The lowest BCUT2D eigenvalue weighted by Crippen LogP contribution is -2.41. The summed E-state index contributed by atoms with van der Waals surface area (Å²) < 4.78 is 5.65. The van der Waals surface area contributed by atoms with E-state index < -0.39 is 5.91 Å². The van der Waals surface area contributed by atoms with E-state index in [4.69, 9.17) is 16.3 Å². The molecule has 0 spiro atoms. The maximum Gasteiger partial charge on any atom is 0.269 e. The quantitative estimate of drug-likeness (QED) is 0.311. The van der Waals surface area contributed by atoms with Gasteiger partial charge in [-0.2, -0.15) is 0 Å². The minimum Gasteiger partial charge on any atom is -0.493 e. The summed E-state index contributed by atoms with van der Waals surface area (Å²) >= 11 is 7.29. The number of thiophene rings is 1. The van der Waals surface area contributed by atoms with E-state index in [-0.39, 0.29) is 18.2 Å². The predicted molar refractivity (Wildman–Crippen MR) is 128 cm³/mol. The molecule has 0 saturated heterocycles. The smallest absolute Gasteiger partial charge is 0.269 e. The molecule has 9 heteroatoms. The fourth-order valence-electron chi connectivity index (χ4n) is 2.90. The van der Waals surface area contributed by atoms with Crippen LogP contribution in [0.3, 0.4) is 0 Å². The number of hydrogen-bond acceptors (Lipinski definition) is 5. The summed E-state index contributed by atoms with van der Waals surface area (Å²) in [6.07, 6.45) is 0.700. The zero-order valence-electron chi connectivity index (χ0n) is 18.0. The van der Waals surface area contributed by atoms with Crippen LogP contribution in [0.5, 0.6) is 5.75 Å². The molecule has 3 amide bonds. The van der Waals surface area contributed by atoms with E-state index in [2.05, 4.69) is 16.2 Å². The highest BCUT2D eigenvalue weighted by Crippen LogP contribution is 2.21. The summed E-state index contributed by atoms with van der Waals surface area (Å²) in [5.41, 5.74) is 6.98. The molecule has 0 saturated carbocycles. The van der Waals surface area contributed by atoms with Crippen molar-refractivity contribution >= 4 is 40.7 Å². The van der Waals surface area contributed by atoms with E-state index in [9.17, 15) is 14.4 Å². The van der Waals surface area contributed by atoms with Gasteiger partial charge in [-0.25, -0.2) is 0 Å². The largest absolute Gasteiger partial charge is 0.493 e. The summed E-state index contributed by atoms with van der Waals surface area (Å²) in [6.45, 7) is 2.62. The van der Waals surface area contributed by atoms with Crippen LogP contribution < -0.4 is 20.9 Å². The molecule has 0 aliphatic rings. The summed E-state index contributed by atoms with van der Waals surface area (Å²) in [4.78, 5) is 36.8. The van der Waals surface area contributed by atoms with E-state index in [1.807, 2.05) is 24.4 Å². The minimum absolute atomic E-state index is 0.136. The number of hydrazine groups is 1. The normalized spacial score (nSPS) is 10.4. The highest BCUT2D eigenvalue weighted by molar-refractivity contribution is 7.12. The van der Waals surface area contributed by atoms with Crippen LogP contribution in [0.1, 0.15) is 44.0 Å². The first kappa shape index (κ1) is 24.3. The number of halogens is 1. The van der Waals surface area contributed by atoms with Crippen molar-refractivity contribution in [3.8, 4) is 5.75 Å². The van der Waals surface area contributed by atoms with Gasteiger partial charge in [0.15, 0.2) is 0 Å². The Balaban J connectivity index is 1.34. The van der Waals surface area contributed by atoms with Crippen LogP contribution in [-0.4, -0.2) is 24.3 Å². The van der Waals surface area contributed by atoms with Crippen LogP contribution in [0.2, 0.25) is 5.02 Å². The molecule has 3 aromatic rings. The van der Waals surface area contributed by atoms with Crippen molar-refractivity contribution in [2.24, 2.45) is 0 Å². The summed E-state index contributed by atoms with van der Waals surface area (Å²) in [7, 11) is 0. The number of nitrogens with one attached hydrogen (secondary N) is 3. The topological polar surface area (TPSA) is 96.5 Å². The third kappa shape index (κ3) is 7.62. The van der Waals surface area contributed by atoms with Gasteiger partial charge in [-0.15, -0.1) is 11.3 Å². The Morgan fingerprint density at radius 2 is 1.79 bits per heavy atom. The molecule has 0 unspecified atom stereocenters. The average Bonchev–Trinajstić information content (AvgIpc) is 3.35. The minimum atomic E-state index is -0.425. The molecule has 0 aliphatic carbocycles. The van der Waals surface area contributed by atoms with Crippen molar-refractivity contribution in [3.05, 3.63) is 86.6 Å². The summed E-state index contributed by atoms with van der Waals surface area (Å²) in [5.74, 6) is -0.149.